The highest BCUT2D eigenvalue weighted by molar-refractivity contribution is 9.10. The number of carbonyl (C=O) groups excluding carboxylic acids is 2. The van der Waals surface area contributed by atoms with Gasteiger partial charge in [0, 0.05) is 15.2 Å². The van der Waals surface area contributed by atoms with E-state index in [1.54, 1.807) is 25.1 Å². The molecule has 3 rings (SSSR count). The molecule has 27 heavy (non-hydrogen) atoms. The number of anilines is 1. The van der Waals surface area contributed by atoms with Gasteiger partial charge in [-0.15, -0.1) is 0 Å². The van der Waals surface area contributed by atoms with Gasteiger partial charge in [-0.05, 0) is 42.8 Å². The van der Waals surface area contributed by atoms with Crippen LogP contribution in [0.1, 0.15) is 18.5 Å². The van der Waals surface area contributed by atoms with Crippen LogP contribution < -0.4 is 20.7 Å². The van der Waals surface area contributed by atoms with Gasteiger partial charge in [-0.1, -0.05) is 39.7 Å². The summed E-state index contributed by atoms with van der Waals surface area (Å²) in [5.41, 5.74) is 2.11. The molecule has 0 saturated carbocycles. The lowest BCUT2D eigenvalue weighted by atomic mass is 9.95. The lowest BCUT2D eigenvalue weighted by molar-refractivity contribution is -0.113. The van der Waals surface area contributed by atoms with Gasteiger partial charge in [-0.3, -0.25) is 4.79 Å². The third kappa shape index (κ3) is 4.26. The molecule has 0 radical (unpaired) electrons. The molecule has 6 nitrogen and oxygen atoms in total. The zero-order valence-electron chi connectivity index (χ0n) is 14.6. The van der Waals surface area contributed by atoms with Gasteiger partial charge in [-0.25, -0.2) is 4.79 Å². The zero-order valence-corrected chi connectivity index (χ0v) is 16.9. The number of urea groups is 1. The summed E-state index contributed by atoms with van der Waals surface area (Å²) >= 11 is 9.42. The molecule has 8 heteroatoms. The molecule has 140 valence electrons. The second-order valence-electron chi connectivity index (χ2n) is 5.92. The van der Waals surface area contributed by atoms with Crippen LogP contribution in [0.2, 0.25) is 5.02 Å². The maximum Gasteiger partial charge on any atom is 0.319 e. The van der Waals surface area contributed by atoms with Crippen molar-refractivity contribution in [1.29, 1.82) is 0 Å². The predicted molar refractivity (Wildman–Crippen MR) is 108 cm³/mol. The average molecular weight is 451 g/mol. The van der Waals surface area contributed by atoms with E-state index in [1.165, 1.54) is 7.11 Å². The van der Waals surface area contributed by atoms with Gasteiger partial charge in [-0.2, -0.15) is 0 Å². The van der Waals surface area contributed by atoms with Crippen molar-refractivity contribution in [1.82, 2.24) is 10.6 Å². The van der Waals surface area contributed by atoms with Crippen molar-refractivity contribution in [2.45, 2.75) is 13.0 Å². The van der Waals surface area contributed by atoms with E-state index in [4.69, 9.17) is 16.3 Å². The number of rotatable bonds is 4. The van der Waals surface area contributed by atoms with Crippen LogP contribution in [-0.2, 0) is 4.79 Å². The first-order valence-corrected chi connectivity index (χ1v) is 9.24. The fourth-order valence-electron chi connectivity index (χ4n) is 2.87. The number of allylic oxidation sites excluding steroid dienone is 1. The predicted octanol–water partition coefficient (Wildman–Crippen LogP) is 4.38. The van der Waals surface area contributed by atoms with Gasteiger partial charge in [0.2, 0.25) is 0 Å². The number of ether oxygens (including phenoxy) is 1. The van der Waals surface area contributed by atoms with Gasteiger partial charge >= 0.3 is 6.03 Å². The molecule has 3 N–H and O–H groups in total. The van der Waals surface area contributed by atoms with Crippen molar-refractivity contribution >= 4 is 45.2 Å². The average Bonchev–Trinajstić information content (AvgIpc) is 2.61. The summed E-state index contributed by atoms with van der Waals surface area (Å²) < 4.78 is 6.18. The molecule has 0 spiro atoms. The summed E-state index contributed by atoms with van der Waals surface area (Å²) in [7, 11) is 1.51. The Labute approximate surface area is 170 Å². The molecule has 1 aliphatic rings. The van der Waals surface area contributed by atoms with Crippen molar-refractivity contribution in [3.8, 4) is 5.75 Å². The lowest BCUT2D eigenvalue weighted by Crippen LogP contribution is -2.45. The summed E-state index contributed by atoms with van der Waals surface area (Å²) in [6, 6.07) is 11.4. The third-order valence-corrected chi connectivity index (χ3v) is 4.89. The Morgan fingerprint density at radius 1 is 1.22 bits per heavy atom. The number of hydrogen-bond acceptors (Lipinski definition) is 3. The Morgan fingerprint density at radius 3 is 2.59 bits per heavy atom. The standard InChI is InChI=1S/C19H17BrClN3O3/c1-10-16(18(25)23-14-9-13(21)7-8-15(14)27-2)17(24-19(26)22-10)11-3-5-12(20)6-4-11/h3-9,17H,1-2H3,(H,23,25)(H2,22,24,26)/t17-/m1/s1. The minimum atomic E-state index is -0.586. The van der Waals surface area contributed by atoms with Crippen molar-refractivity contribution in [2.24, 2.45) is 0 Å². The van der Waals surface area contributed by atoms with E-state index in [9.17, 15) is 9.59 Å². The van der Waals surface area contributed by atoms with Gasteiger partial charge in [0.15, 0.2) is 0 Å². The van der Waals surface area contributed by atoms with Crippen molar-refractivity contribution in [2.75, 3.05) is 12.4 Å². The van der Waals surface area contributed by atoms with E-state index in [2.05, 4.69) is 31.9 Å². The van der Waals surface area contributed by atoms with Crippen LogP contribution in [0.4, 0.5) is 10.5 Å². The van der Waals surface area contributed by atoms with Crippen LogP contribution >= 0.6 is 27.5 Å². The molecule has 0 fully saturated rings. The number of hydrogen-bond donors (Lipinski definition) is 3. The zero-order chi connectivity index (χ0) is 19.6. The molecule has 1 aliphatic heterocycles. The van der Waals surface area contributed by atoms with Crippen LogP contribution in [0.5, 0.6) is 5.75 Å². The first-order chi connectivity index (χ1) is 12.9. The van der Waals surface area contributed by atoms with E-state index in [-0.39, 0.29) is 11.9 Å². The maximum atomic E-state index is 13.0. The lowest BCUT2D eigenvalue weighted by Gasteiger charge is -2.29. The molecule has 2 aromatic rings. The molecule has 3 amide bonds. The monoisotopic (exact) mass is 449 g/mol. The van der Waals surface area contributed by atoms with Gasteiger partial charge in [0.25, 0.3) is 5.91 Å². The van der Waals surface area contributed by atoms with Gasteiger partial charge in [0.05, 0.1) is 24.4 Å². The molecule has 0 aliphatic carbocycles. The number of methoxy groups -OCH3 is 1. The second-order valence-corrected chi connectivity index (χ2v) is 7.27. The van der Waals surface area contributed by atoms with Crippen molar-refractivity contribution in [3.05, 3.63) is 68.8 Å². The topological polar surface area (TPSA) is 79.5 Å². The minimum Gasteiger partial charge on any atom is -0.495 e. The Morgan fingerprint density at radius 2 is 1.93 bits per heavy atom. The summed E-state index contributed by atoms with van der Waals surface area (Å²) in [5, 5.41) is 8.74. The summed E-state index contributed by atoms with van der Waals surface area (Å²) in [6.07, 6.45) is 0. The van der Waals surface area contributed by atoms with E-state index >= 15 is 0 Å². The Kier molecular flexibility index (Phi) is 5.72. The highest BCUT2D eigenvalue weighted by Crippen LogP contribution is 2.32. The SMILES string of the molecule is COc1ccc(Cl)cc1NC(=O)C1=C(C)NC(=O)N[C@@H]1c1ccc(Br)cc1. The van der Waals surface area contributed by atoms with Crippen LogP contribution in [0.3, 0.4) is 0 Å². The highest BCUT2D eigenvalue weighted by Gasteiger charge is 2.31. The second kappa shape index (κ2) is 8.02. The van der Waals surface area contributed by atoms with Gasteiger partial charge in [0.1, 0.15) is 5.75 Å². The van der Waals surface area contributed by atoms with E-state index in [0.29, 0.717) is 27.7 Å². The molecule has 0 saturated heterocycles. The fraction of sp³-hybridized carbons (Fsp3) is 0.158. The fourth-order valence-corrected chi connectivity index (χ4v) is 3.30. The van der Waals surface area contributed by atoms with Crippen LogP contribution in [0.15, 0.2) is 58.2 Å². The van der Waals surface area contributed by atoms with Crippen LogP contribution in [0.25, 0.3) is 0 Å². The Hall–Kier alpha value is -2.51. The Bertz CT molecular complexity index is 928. The molecule has 0 bridgehead atoms. The maximum absolute atomic E-state index is 13.0. The van der Waals surface area contributed by atoms with E-state index in [1.807, 2.05) is 24.3 Å². The van der Waals surface area contributed by atoms with Crippen LogP contribution in [0, 0.1) is 0 Å². The third-order valence-electron chi connectivity index (χ3n) is 4.13. The molecule has 1 heterocycles. The summed E-state index contributed by atoms with van der Waals surface area (Å²) in [4.78, 5) is 25.0. The smallest absolute Gasteiger partial charge is 0.319 e. The molecule has 1 atom stereocenters. The van der Waals surface area contributed by atoms with Gasteiger partial charge < -0.3 is 20.7 Å². The highest BCUT2D eigenvalue weighted by atomic mass is 79.9. The molecular formula is C19H17BrClN3O3. The summed E-state index contributed by atoms with van der Waals surface area (Å²) in [6.45, 7) is 1.69. The van der Waals surface area contributed by atoms with Crippen molar-refractivity contribution < 1.29 is 14.3 Å². The molecular weight excluding hydrogens is 434 g/mol. The molecule has 0 aromatic heterocycles. The number of halogens is 2. The largest absolute Gasteiger partial charge is 0.495 e. The first kappa shape index (κ1) is 19.3. The summed E-state index contributed by atoms with van der Waals surface area (Å²) in [5.74, 6) is 0.118. The number of carbonyl (C=O) groups is 2. The molecule has 0 unspecified atom stereocenters. The Balaban J connectivity index is 1.97. The quantitative estimate of drug-likeness (QED) is 0.647. The number of nitrogens with one attached hydrogen (secondary N) is 3. The van der Waals surface area contributed by atoms with Crippen molar-refractivity contribution in [3.63, 3.8) is 0 Å². The van der Waals surface area contributed by atoms with E-state index in [0.717, 1.165) is 10.0 Å². The first-order valence-electron chi connectivity index (χ1n) is 8.07. The minimum absolute atomic E-state index is 0.364. The number of amides is 3. The van der Waals surface area contributed by atoms with E-state index < -0.39 is 6.04 Å². The normalized spacial score (nSPS) is 16.4. The van der Waals surface area contributed by atoms with Crippen LogP contribution in [-0.4, -0.2) is 19.0 Å². The molecule has 2 aromatic carbocycles. The number of benzene rings is 2.